The molecular formula is C28H46N4O9S. The van der Waals surface area contributed by atoms with E-state index in [1.807, 2.05) is 0 Å². The van der Waals surface area contributed by atoms with Crippen molar-refractivity contribution in [3.8, 4) is 0 Å². The molecule has 0 aromatic carbocycles. The smallest absolute Gasteiger partial charge is 0.306 e. The maximum absolute atomic E-state index is 13.1. The van der Waals surface area contributed by atoms with Crippen molar-refractivity contribution in [2.75, 3.05) is 0 Å². The van der Waals surface area contributed by atoms with Gasteiger partial charge >= 0.3 is 11.9 Å². The van der Waals surface area contributed by atoms with E-state index in [0.29, 0.717) is 18.5 Å². The summed E-state index contributed by atoms with van der Waals surface area (Å²) in [6.45, 7) is 10.2. The van der Waals surface area contributed by atoms with E-state index in [-0.39, 0.29) is 37.6 Å². The van der Waals surface area contributed by atoms with Gasteiger partial charge in [0.15, 0.2) is 0 Å². The van der Waals surface area contributed by atoms with Gasteiger partial charge in [0, 0.05) is 18.2 Å². The van der Waals surface area contributed by atoms with Gasteiger partial charge in [0.25, 0.3) is 0 Å². The second-order valence-electron chi connectivity index (χ2n) is 11.7. The fraction of sp³-hybridized carbons (Fsp3) is 0.714. The number of carbonyl (C=O) groups excluding carboxylic acids is 4. The third-order valence-corrected chi connectivity index (χ3v) is 6.77. The van der Waals surface area contributed by atoms with Crippen molar-refractivity contribution < 1.29 is 44.0 Å². The van der Waals surface area contributed by atoms with Crippen molar-refractivity contribution in [1.82, 2.24) is 20.9 Å². The second-order valence-corrected chi connectivity index (χ2v) is 12.4. The number of carboxylic acids is 1. The molecule has 0 spiro atoms. The minimum absolute atomic E-state index is 0.0489. The summed E-state index contributed by atoms with van der Waals surface area (Å²) >= 11 is 1.32. The Morgan fingerprint density at radius 3 is 2.19 bits per heavy atom. The van der Waals surface area contributed by atoms with Crippen molar-refractivity contribution in [1.29, 1.82) is 0 Å². The lowest BCUT2D eigenvalue weighted by Gasteiger charge is -2.28. The molecule has 0 bridgehead atoms. The molecule has 0 fully saturated rings. The summed E-state index contributed by atoms with van der Waals surface area (Å²) in [5, 5.41) is 39.0. The van der Waals surface area contributed by atoms with E-state index < -0.39 is 66.0 Å². The van der Waals surface area contributed by atoms with Crippen molar-refractivity contribution in [3.63, 3.8) is 0 Å². The SMILES string of the molecule is CC(C)[C@@H](NC(=O)[C@@H](C)NC(=O)[C@@H](Cc1cscn1)NC(=O)C[C@H](O)CCCCC(=O)OC(C)(C)C)[C@H](O)CC(=O)O. The first-order chi connectivity index (χ1) is 19.5. The van der Waals surface area contributed by atoms with Crippen LogP contribution in [0.5, 0.6) is 0 Å². The second kappa shape index (κ2) is 17.8. The molecule has 14 heteroatoms. The summed E-state index contributed by atoms with van der Waals surface area (Å²) in [6.07, 6.45) is -1.60. The highest BCUT2D eigenvalue weighted by molar-refractivity contribution is 7.07. The zero-order valence-electron chi connectivity index (χ0n) is 25.2. The lowest BCUT2D eigenvalue weighted by molar-refractivity contribution is -0.155. The van der Waals surface area contributed by atoms with E-state index >= 15 is 0 Å². The number of ether oxygens (including phenoxy) is 1. The zero-order valence-corrected chi connectivity index (χ0v) is 26.0. The number of thiazole rings is 1. The molecule has 0 aliphatic heterocycles. The van der Waals surface area contributed by atoms with Crippen molar-refractivity contribution >= 4 is 41.0 Å². The highest BCUT2D eigenvalue weighted by Gasteiger charge is 2.30. The van der Waals surface area contributed by atoms with Crippen LogP contribution in [-0.4, -0.2) is 85.9 Å². The maximum Gasteiger partial charge on any atom is 0.306 e. The lowest BCUT2D eigenvalue weighted by atomic mass is 9.96. The normalized spacial score (nSPS) is 15.2. The minimum Gasteiger partial charge on any atom is -0.481 e. The Kier molecular flexibility index (Phi) is 15.6. The summed E-state index contributed by atoms with van der Waals surface area (Å²) in [5.74, 6) is -3.68. The van der Waals surface area contributed by atoms with Crippen LogP contribution in [0.4, 0.5) is 0 Å². The number of aromatic nitrogens is 1. The Morgan fingerprint density at radius 1 is 0.976 bits per heavy atom. The van der Waals surface area contributed by atoms with Gasteiger partial charge in [0.2, 0.25) is 17.7 Å². The topological polar surface area (TPSA) is 204 Å². The van der Waals surface area contributed by atoms with E-state index in [0.717, 1.165) is 0 Å². The minimum atomic E-state index is -1.32. The third kappa shape index (κ3) is 15.2. The molecule has 1 heterocycles. The Balaban J connectivity index is 2.71. The summed E-state index contributed by atoms with van der Waals surface area (Å²) in [7, 11) is 0. The maximum atomic E-state index is 13.1. The van der Waals surface area contributed by atoms with Gasteiger partial charge in [-0.3, -0.25) is 24.0 Å². The molecule has 1 aromatic rings. The molecule has 0 radical (unpaired) electrons. The van der Waals surface area contributed by atoms with Gasteiger partial charge in [-0.2, -0.15) is 0 Å². The van der Waals surface area contributed by atoms with Gasteiger partial charge in [0.05, 0.1) is 42.3 Å². The largest absolute Gasteiger partial charge is 0.481 e. The number of aliphatic carboxylic acids is 1. The first-order valence-corrected chi connectivity index (χ1v) is 15.0. The number of hydrogen-bond acceptors (Lipinski definition) is 10. The van der Waals surface area contributed by atoms with Crippen molar-refractivity contribution in [2.24, 2.45) is 5.92 Å². The molecule has 6 N–H and O–H groups in total. The van der Waals surface area contributed by atoms with E-state index in [9.17, 15) is 34.2 Å². The van der Waals surface area contributed by atoms with Gasteiger partial charge in [-0.05, 0) is 46.5 Å². The number of esters is 1. The molecule has 1 rings (SSSR count). The quantitative estimate of drug-likeness (QED) is 0.103. The highest BCUT2D eigenvalue weighted by atomic mass is 32.1. The molecule has 0 saturated carbocycles. The number of amides is 3. The van der Waals surface area contributed by atoms with Crippen LogP contribution in [0.25, 0.3) is 0 Å². The van der Waals surface area contributed by atoms with Crippen molar-refractivity contribution in [3.05, 3.63) is 16.6 Å². The Labute approximate surface area is 250 Å². The molecule has 1 aromatic heterocycles. The van der Waals surface area contributed by atoms with E-state index in [1.54, 1.807) is 45.5 Å². The number of carbonyl (C=O) groups is 5. The van der Waals surface area contributed by atoms with Gasteiger partial charge in [-0.25, -0.2) is 4.98 Å². The van der Waals surface area contributed by atoms with E-state index in [1.165, 1.54) is 18.3 Å². The molecule has 0 aliphatic rings. The van der Waals surface area contributed by atoms with Crippen LogP contribution in [0, 0.1) is 5.92 Å². The molecule has 0 saturated heterocycles. The van der Waals surface area contributed by atoms with Crippen LogP contribution in [0.15, 0.2) is 10.9 Å². The number of rotatable bonds is 18. The Hall–Kier alpha value is -3.10. The third-order valence-electron chi connectivity index (χ3n) is 6.14. The molecule has 5 atom stereocenters. The summed E-state index contributed by atoms with van der Waals surface area (Å²) < 4.78 is 5.25. The van der Waals surface area contributed by atoms with Crippen molar-refractivity contribution in [2.45, 2.75) is 122 Å². The predicted octanol–water partition coefficient (Wildman–Crippen LogP) is 1.30. The van der Waals surface area contributed by atoms with E-state index in [2.05, 4.69) is 20.9 Å². The van der Waals surface area contributed by atoms with Crippen LogP contribution < -0.4 is 16.0 Å². The molecule has 13 nitrogen and oxygen atoms in total. The molecule has 3 amide bonds. The first kappa shape index (κ1) is 36.9. The van der Waals surface area contributed by atoms with Gasteiger partial charge in [0.1, 0.15) is 17.7 Å². The number of hydrogen-bond donors (Lipinski definition) is 6. The average Bonchev–Trinajstić information content (AvgIpc) is 3.35. The summed E-state index contributed by atoms with van der Waals surface area (Å²) in [6, 6.07) is -3.02. The Morgan fingerprint density at radius 2 is 1.64 bits per heavy atom. The molecule has 0 aliphatic carbocycles. The lowest BCUT2D eigenvalue weighted by Crippen LogP contribution is -2.56. The van der Waals surface area contributed by atoms with Gasteiger partial charge < -0.3 is 36.0 Å². The van der Waals surface area contributed by atoms with Crippen LogP contribution in [0.1, 0.15) is 85.8 Å². The monoisotopic (exact) mass is 614 g/mol. The molecule has 42 heavy (non-hydrogen) atoms. The standard InChI is InChI=1S/C28H46N4O9S/c1-16(2)25(21(34)13-23(36)37)32-26(39)17(3)30-27(40)20(11-18-14-42-15-29-18)31-22(35)12-19(33)9-7-8-10-24(38)41-28(4,5)6/h14-17,19-21,25,33-34H,7-13H2,1-6H3,(H,30,40)(H,31,35)(H,32,39)(H,36,37)/t17-,19-,20-,21-,25-/m1/s1. The van der Waals surface area contributed by atoms with E-state index in [4.69, 9.17) is 9.84 Å². The summed E-state index contributed by atoms with van der Waals surface area (Å²) in [4.78, 5) is 65.6. The molecular weight excluding hydrogens is 568 g/mol. The highest BCUT2D eigenvalue weighted by Crippen LogP contribution is 2.13. The Bertz CT molecular complexity index is 1030. The van der Waals surface area contributed by atoms with Gasteiger partial charge in [-0.15, -0.1) is 11.3 Å². The average molecular weight is 615 g/mol. The fourth-order valence-electron chi connectivity index (χ4n) is 4.05. The number of unbranched alkanes of at least 4 members (excludes halogenated alkanes) is 1. The molecule has 238 valence electrons. The number of carboxylic acid groups (broad SMARTS) is 1. The van der Waals surface area contributed by atoms with Crippen LogP contribution in [-0.2, 0) is 35.1 Å². The predicted molar refractivity (Wildman–Crippen MR) is 155 cm³/mol. The number of nitrogens with one attached hydrogen (secondary N) is 3. The first-order valence-electron chi connectivity index (χ1n) is 14.1. The fourth-order valence-corrected chi connectivity index (χ4v) is 4.62. The van der Waals surface area contributed by atoms with Crippen LogP contribution in [0.3, 0.4) is 0 Å². The van der Waals surface area contributed by atoms with Gasteiger partial charge in [-0.1, -0.05) is 20.3 Å². The number of nitrogens with zero attached hydrogens (tertiary/aromatic N) is 1. The molecule has 0 unspecified atom stereocenters. The number of aliphatic hydroxyl groups excluding tert-OH is 2. The summed E-state index contributed by atoms with van der Waals surface area (Å²) in [5.41, 5.74) is 1.56. The van der Waals surface area contributed by atoms with Crippen LogP contribution >= 0.6 is 11.3 Å². The zero-order chi connectivity index (χ0) is 32.0. The van der Waals surface area contributed by atoms with Crippen LogP contribution in [0.2, 0.25) is 0 Å². The number of aliphatic hydroxyl groups is 2.